The lowest BCUT2D eigenvalue weighted by atomic mass is 10.0. The number of carbonyl (C=O) groups excluding carboxylic acids is 3. The fraction of sp³-hybridized carbons (Fsp3) is 0.250. The maximum absolute atomic E-state index is 12.4. The van der Waals surface area contributed by atoms with E-state index in [0.29, 0.717) is 12.2 Å². The van der Waals surface area contributed by atoms with E-state index in [4.69, 9.17) is 4.74 Å². The average Bonchev–Trinajstić information content (AvgIpc) is 2.68. The zero-order valence-electron chi connectivity index (χ0n) is 15.0. The van der Waals surface area contributed by atoms with Crippen molar-refractivity contribution in [3.8, 4) is 16.9 Å². The summed E-state index contributed by atoms with van der Waals surface area (Å²) in [7, 11) is 1.61. The van der Waals surface area contributed by atoms with Gasteiger partial charge in [0.25, 0.3) is 0 Å². The lowest BCUT2D eigenvalue weighted by Gasteiger charge is -2.25. The average molecular weight is 367 g/mol. The highest BCUT2D eigenvalue weighted by molar-refractivity contribution is 5.99. The summed E-state index contributed by atoms with van der Waals surface area (Å²) in [5.74, 6) is 0.233. The number of urea groups is 1. The van der Waals surface area contributed by atoms with Crippen molar-refractivity contribution < 1.29 is 19.1 Å². The summed E-state index contributed by atoms with van der Waals surface area (Å²) in [5, 5.41) is 5.47. The Bertz CT molecular complexity index is 833. The molecule has 0 bridgehead atoms. The molecule has 0 atom stereocenters. The van der Waals surface area contributed by atoms with E-state index in [-0.39, 0.29) is 31.2 Å². The molecule has 1 fully saturated rings. The summed E-state index contributed by atoms with van der Waals surface area (Å²) >= 11 is 0. The zero-order valence-corrected chi connectivity index (χ0v) is 15.0. The van der Waals surface area contributed by atoms with E-state index in [1.165, 1.54) is 0 Å². The predicted molar refractivity (Wildman–Crippen MR) is 101 cm³/mol. The van der Waals surface area contributed by atoms with Gasteiger partial charge >= 0.3 is 6.03 Å². The van der Waals surface area contributed by atoms with Crippen LogP contribution in [0.2, 0.25) is 0 Å². The van der Waals surface area contributed by atoms with Crippen LogP contribution in [0.4, 0.5) is 10.5 Å². The van der Waals surface area contributed by atoms with Gasteiger partial charge in [0.05, 0.1) is 7.11 Å². The number of nitrogens with one attached hydrogen (secondary N) is 2. The van der Waals surface area contributed by atoms with Gasteiger partial charge in [-0.15, -0.1) is 0 Å². The minimum atomic E-state index is -0.447. The highest BCUT2D eigenvalue weighted by Gasteiger charge is 2.25. The number of nitrogens with zero attached hydrogens (tertiary/aromatic N) is 1. The maximum atomic E-state index is 12.4. The Labute approximate surface area is 157 Å². The Balaban J connectivity index is 1.67. The molecular formula is C20H21N3O4. The molecule has 7 nitrogen and oxygen atoms in total. The first-order chi connectivity index (χ1) is 13.1. The summed E-state index contributed by atoms with van der Waals surface area (Å²) < 4.78 is 5.17. The Morgan fingerprint density at radius 1 is 1.15 bits per heavy atom. The van der Waals surface area contributed by atoms with Crippen molar-refractivity contribution in [3.63, 3.8) is 0 Å². The molecule has 0 aromatic heterocycles. The molecule has 1 saturated heterocycles. The monoisotopic (exact) mass is 367 g/mol. The molecule has 7 heteroatoms. The van der Waals surface area contributed by atoms with E-state index in [0.717, 1.165) is 21.8 Å². The molecule has 3 rings (SSSR count). The second-order valence-electron chi connectivity index (χ2n) is 6.10. The lowest BCUT2D eigenvalue weighted by molar-refractivity contribution is -0.129. The van der Waals surface area contributed by atoms with Gasteiger partial charge in [-0.05, 0) is 23.8 Å². The number of methoxy groups -OCH3 is 1. The highest BCUT2D eigenvalue weighted by atomic mass is 16.5. The number of imide groups is 1. The van der Waals surface area contributed by atoms with Crippen LogP contribution in [-0.4, -0.2) is 42.9 Å². The summed E-state index contributed by atoms with van der Waals surface area (Å²) in [6, 6.07) is 14.6. The number of hydrogen-bond donors (Lipinski definition) is 2. The van der Waals surface area contributed by atoms with Gasteiger partial charge in [0.1, 0.15) is 5.75 Å². The van der Waals surface area contributed by atoms with Crippen LogP contribution in [0.25, 0.3) is 11.1 Å². The van der Waals surface area contributed by atoms with Crippen LogP contribution in [0.3, 0.4) is 0 Å². The van der Waals surface area contributed by atoms with Gasteiger partial charge in [0.2, 0.25) is 11.8 Å². The van der Waals surface area contributed by atoms with Crippen molar-refractivity contribution in [2.45, 2.75) is 12.8 Å². The number of amides is 4. The first kappa shape index (κ1) is 18.4. The second-order valence-corrected chi connectivity index (χ2v) is 6.10. The van der Waals surface area contributed by atoms with Crippen LogP contribution in [0.5, 0.6) is 5.75 Å². The summed E-state index contributed by atoms with van der Waals surface area (Å²) in [4.78, 5) is 36.9. The number of anilines is 1. The fourth-order valence-corrected chi connectivity index (χ4v) is 2.89. The summed E-state index contributed by atoms with van der Waals surface area (Å²) in [6.45, 7) is 0.400. The highest BCUT2D eigenvalue weighted by Crippen LogP contribution is 2.29. The Morgan fingerprint density at radius 2 is 1.89 bits per heavy atom. The van der Waals surface area contributed by atoms with Crippen LogP contribution in [0, 0.1) is 0 Å². The quantitative estimate of drug-likeness (QED) is 0.822. The smallest absolute Gasteiger partial charge is 0.324 e. The van der Waals surface area contributed by atoms with Crippen molar-refractivity contribution in [1.82, 2.24) is 10.2 Å². The summed E-state index contributed by atoms with van der Waals surface area (Å²) in [6.07, 6.45) is 0.295. The van der Waals surface area contributed by atoms with E-state index < -0.39 is 6.03 Å². The van der Waals surface area contributed by atoms with Crippen LogP contribution in [0.15, 0.2) is 48.5 Å². The molecular weight excluding hydrogens is 346 g/mol. The fourth-order valence-electron chi connectivity index (χ4n) is 2.89. The SMILES string of the molecule is COc1ccc(-c2ccccc2NC(=O)CCN2C(=O)CCNC2=O)cc1. The van der Waals surface area contributed by atoms with Gasteiger partial charge in [0, 0.05) is 37.2 Å². The van der Waals surface area contributed by atoms with Crippen molar-refractivity contribution in [1.29, 1.82) is 0 Å². The van der Waals surface area contributed by atoms with E-state index in [1.54, 1.807) is 7.11 Å². The third-order valence-electron chi connectivity index (χ3n) is 4.33. The van der Waals surface area contributed by atoms with E-state index in [2.05, 4.69) is 10.6 Å². The molecule has 0 unspecified atom stereocenters. The van der Waals surface area contributed by atoms with Crippen molar-refractivity contribution in [3.05, 3.63) is 48.5 Å². The van der Waals surface area contributed by atoms with Gasteiger partial charge in [-0.3, -0.25) is 14.5 Å². The van der Waals surface area contributed by atoms with Crippen molar-refractivity contribution >= 4 is 23.5 Å². The van der Waals surface area contributed by atoms with Gasteiger partial charge < -0.3 is 15.4 Å². The molecule has 4 amide bonds. The molecule has 0 saturated carbocycles. The third kappa shape index (κ3) is 4.44. The topological polar surface area (TPSA) is 87.7 Å². The zero-order chi connectivity index (χ0) is 19.2. The van der Waals surface area contributed by atoms with Gasteiger partial charge in [-0.2, -0.15) is 0 Å². The maximum Gasteiger partial charge on any atom is 0.324 e. The minimum absolute atomic E-state index is 0.0378. The molecule has 2 N–H and O–H groups in total. The normalized spacial score (nSPS) is 13.9. The van der Waals surface area contributed by atoms with Crippen LogP contribution >= 0.6 is 0 Å². The predicted octanol–water partition coefficient (Wildman–Crippen LogP) is 2.63. The number of ether oxygens (including phenoxy) is 1. The molecule has 1 aliphatic heterocycles. The molecule has 2 aromatic carbocycles. The number of carbonyl (C=O) groups is 3. The van der Waals surface area contributed by atoms with Crippen LogP contribution in [0.1, 0.15) is 12.8 Å². The largest absolute Gasteiger partial charge is 0.497 e. The minimum Gasteiger partial charge on any atom is -0.497 e. The molecule has 0 radical (unpaired) electrons. The summed E-state index contributed by atoms with van der Waals surface area (Å²) in [5.41, 5.74) is 2.49. The van der Waals surface area contributed by atoms with Crippen molar-refractivity contribution in [2.75, 3.05) is 25.5 Å². The molecule has 1 aliphatic rings. The van der Waals surface area contributed by atoms with E-state index in [9.17, 15) is 14.4 Å². The number of para-hydroxylation sites is 1. The molecule has 27 heavy (non-hydrogen) atoms. The number of hydrogen-bond acceptors (Lipinski definition) is 4. The molecule has 2 aromatic rings. The Hall–Kier alpha value is -3.35. The second kappa shape index (κ2) is 8.35. The molecule has 0 spiro atoms. The number of benzene rings is 2. The van der Waals surface area contributed by atoms with Gasteiger partial charge in [-0.25, -0.2) is 4.79 Å². The van der Waals surface area contributed by atoms with Crippen LogP contribution < -0.4 is 15.4 Å². The standard InChI is InChI=1S/C20H21N3O4/c1-27-15-8-6-14(7-9-15)16-4-2-3-5-17(16)22-18(24)11-13-23-19(25)10-12-21-20(23)26/h2-9H,10-13H2,1H3,(H,21,26)(H,22,24). The lowest BCUT2D eigenvalue weighted by Crippen LogP contribution is -2.50. The van der Waals surface area contributed by atoms with E-state index in [1.807, 2.05) is 48.5 Å². The molecule has 1 heterocycles. The Kier molecular flexibility index (Phi) is 5.71. The first-order valence-electron chi connectivity index (χ1n) is 8.70. The number of rotatable bonds is 6. The third-order valence-corrected chi connectivity index (χ3v) is 4.33. The molecule has 140 valence electrons. The van der Waals surface area contributed by atoms with E-state index >= 15 is 0 Å². The molecule has 0 aliphatic carbocycles. The van der Waals surface area contributed by atoms with Gasteiger partial charge in [-0.1, -0.05) is 30.3 Å². The Morgan fingerprint density at radius 3 is 2.59 bits per heavy atom. The first-order valence-corrected chi connectivity index (χ1v) is 8.70. The van der Waals surface area contributed by atoms with Gasteiger partial charge in [0.15, 0.2) is 0 Å². The van der Waals surface area contributed by atoms with Crippen molar-refractivity contribution in [2.24, 2.45) is 0 Å². The van der Waals surface area contributed by atoms with Crippen LogP contribution in [-0.2, 0) is 9.59 Å².